The Morgan fingerprint density at radius 2 is 1.66 bits per heavy atom. The average molecular weight is 671 g/mol. The van der Waals surface area contributed by atoms with Gasteiger partial charge in [0.05, 0.1) is 6.61 Å². The summed E-state index contributed by atoms with van der Waals surface area (Å²) < 4.78 is 6.16. The average Bonchev–Trinajstić information content (AvgIpc) is 3.46. The van der Waals surface area contributed by atoms with E-state index in [0.29, 0.717) is 31.2 Å². The van der Waals surface area contributed by atoms with E-state index in [9.17, 15) is 19.5 Å². The zero-order valence-corrected chi connectivity index (χ0v) is 28.3. The van der Waals surface area contributed by atoms with Crippen LogP contribution in [0, 0.1) is 0 Å². The van der Waals surface area contributed by atoms with Gasteiger partial charge in [0.1, 0.15) is 17.5 Å². The molecular formula is C41H42N4O5. The third-order valence-corrected chi connectivity index (χ3v) is 11.1. The number of nitrogens with zero attached hydrogens (tertiary/aromatic N) is 3. The van der Waals surface area contributed by atoms with Crippen molar-refractivity contribution >= 4 is 23.4 Å². The summed E-state index contributed by atoms with van der Waals surface area (Å²) in [6, 6.07) is 30.9. The SMILES string of the molecule is CN(Cc1ccc2c(c1)CN(C1CCC(=O)NC1=O)C2=O)C1CCN(c2ccc([C@@H]3c4ccc(O)cc4OC[C@@H]3c3ccccc3)cc2)CC1. The number of phenolic OH excluding ortho intramolecular Hbond substituents is 1. The Balaban J connectivity index is 0.903. The van der Waals surface area contributed by atoms with Gasteiger partial charge in [-0.2, -0.15) is 0 Å². The van der Waals surface area contributed by atoms with Crippen LogP contribution in [-0.4, -0.2) is 71.5 Å². The number of carbonyl (C=O) groups excluding carboxylic acids is 3. The number of fused-ring (bicyclic) bond motifs is 2. The van der Waals surface area contributed by atoms with E-state index >= 15 is 0 Å². The number of benzene rings is 4. The van der Waals surface area contributed by atoms with E-state index in [1.807, 2.05) is 24.3 Å². The van der Waals surface area contributed by atoms with Crippen molar-refractivity contribution in [1.82, 2.24) is 15.1 Å². The molecule has 4 heterocycles. The van der Waals surface area contributed by atoms with E-state index in [4.69, 9.17) is 4.74 Å². The van der Waals surface area contributed by atoms with Crippen LogP contribution in [0.5, 0.6) is 11.5 Å². The van der Waals surface area contributed by atoms with Gasteiger partial charge in [-0.1, -0.05) is 60.7 Å². The second-order valence-corrected chi connectivity index (χ2v) is 14.1. The molecule has 1 unspecified atom stereocenters. The highest BCUT2D eigenvalue weighted by atomic mass is 16.5. The van der Waals surface area contributed by atoms with E-state index in [0.717, 1.165) is 54.9 Å². The lowest BCUT2D eigenvalue weighted by atomic mass is 9.76. The highest BCUT2D eigenvalue weighted by molar-refractivity contribution is 6.05. The van der Waals surface area contributed by atoms with Crippen molar-refractivity contribution in [3.05, 3.63) is 124 Å². The molecule has 2 fully saturated rings. The number of imide groups is 1. The van der Waals surface area contributed by atoms with E-state index in [-0.39, 0.29) is 41.7 Å². The predicted octanol–water partition coefficient (Wildman–Crippen LogP) is 5.56. The minimum atomic E-state index is -0.597. The third-order valence-electron chi connectivity index (χ3n) is 11.1. The van der Waals surface area contributed by atoms with Crippen LogP contribution in [0.4, 0.5) is 5.69 Å². The molecule has 8 rings (SSSR count). The Bertz CT molecular complexity index is 1920. The molecule has 0 bridgehead atoms. The Kier molecular flexibility index (Phi) is 8.52. The lowest BCUT2D eigenvalue weighted by Crippen LogP contribution is -2.52. The minimum absolute atomic E-state index is 0.119. The third kappa shape index (κ3) is 6.11. The summed E-state index contributed by atoms with van der Waals surface area (Å²) in [5, 5.41) is 12.5. The largest absolute Gasteiger partial charge is 0.508 e. The number of nitrogens with one attached hydrogen (secondary N) is 1. The first-order valence-corrected chi connectivity index (χ1v) is 17.6. The number of hydrogen-bond acceptors (Lipinski definition) is 7. The molecule has 0 aromatic heterocycles. The van der Waals surface area contributed by atoms with Crippen molar-refractivity contribution in [2.45, 2.75) is 62.7 Å². The van der Waals surface area contributed by atoms with Crippen molar-refractivity contribution < 1.29 is 24.2 Å². The van der Waals surface area contributed by atoms with Gasteiger partial charge in [-0.15, -0.1) is 0 Å². The molecule has 0 spiro atoms. The van der Waals surface area contributed by atoms with E-state index in [1.54, 1.807) is 17.0 Å². The number of phenols is 1. The molecule has 3 amide bonds. The summed E-state index contributed by atoms with van der Waals surface area (Å²) in [5.74, 6) is 0.458. The van der Waals surface area contributed by atoms with Gasteiger partial charge in [0.2, 0.25) is 11.8 Å². The molecule has 4 aromatic rings. The van der Waals surface area contributed by atoms with Gasteiger partial charge in [-0.3, -0.25) is 24.6 Å². The second-order valence-electron chi connectivity index (χ2n) is 14.1. The highest BCUT2D eigenvalue weighted by Gasteiger charge is 2.39. The fourth-order valence-corrected chi connectivity index (χ4v) is 8.40. The maximum Gasteiger partial charge on any atom is 0.255 e. The second kappa shape index (κ2) is 13.3. The Morgan fingerprint density at radius 1 is 0.880 bits per heavy atom. The van der Waals surface area contributed by atoms with Crippen LogP contribution in [-0.2, 0) is 22.7 Å². The van der Waals surface area contributed by atoms with Gasteiger partial charge in [-0.25, -0.2) is 0 Å². The number of rotatable bonds is 7. The van der Waals surface area contributed by atoms with E-state index in [1.165, 1.54) is 16.8 Å². The minimum Gasteiger partial charge on any atom is -0.508 e. The smallest absolute Gasteiger partial charge is 0.255 e. The maximum absolute atomic E-state index is 13.1. The molecule has 4 aliphatic heterocycles. The van der Waals surface area contributed by atoms with E-state index < -0.39 is 6.04 Å². The Morgan fingerprint density at radius 3 is 2.42 bits per heavy atom. The van der Waals surface area contributed by atoms with Crippen LogP contribution in [0.15, 0.2) is 91.0 Å². The zero-order chi connectivity index (χ0) is 34.4. The number of aromatic hydroxyl groups is 1. The number of anilines is 1. The standard InChI is InChI=1S/C41H42N4O5/c1-43(23-26-7-13-33-29(21-26)24-45(41(33)49)36-15-16-38(47)42-40(36)48)30-17-19-44(20-18-30)31-10-8-28(9-11-31)39-34-14-12-32(46)22-37(34)50-25-35(39)27-5-3-2-4-6-27/h2-14,21-22,30,35-36,39,46H,15-20,23-25H2,1H3,(H,42,47,48)/t35-,36?,39-/m1/s1. The Labute approximate surface area is 292 Å². The molecule has 9 heteroatoms. The molecule has 4 aliphatic rings. The van der Waals surface area contributed by atoms with Crippen molar-refractivity contribution in [3.8, 4) is 11.5 Å². The van der Waals surface area contributed by atoms with Gasteiger partial charge in [0, 0.05) is 73.4 Å². The van der Waals surface area contributed by atoms with Crippen LogP contribution in [0.25, 0.3) is 0 Å². The van der Waals surface area contributed by atoms with Gasteiger partial charge < -0.3 is 19.6 Å². The molecule has 2 saturated heterocycles. The fourth-order valence-electron chi connectivity index (χ4n) is 8.40. The van der Waals surface area contributed by atoms with Gasteiger partial charge in [0.25, 0.3) is 5.91 Å². The number of piperidine rings is 2. The number of ether oxygens (including phenoxy) is 1. The van der Waals surface area contributed by atoms with Crippen LogP contribution in [0.2, 0.25) is 0 Å². The first kappa shape index (κ1) is 32.1. The van der Waals surface area contributed by atoms with Crippen LogP contribution >= 0.6 is 0 Å². The Hall–Kier alpha value is -5.15. The molecule has 256 valence electrons. The molecule has 4 aromatic carbocycles. The van der Waals surface area contributed by atoms with Crippen LogP contribution in [0.3, 0.4) is 0 Å². The maximum atomic E-state index is 13.1. The molecule has 2 N–H and O–H groups in total. The summed E-state index contributed by atoms with van der Waals surface area (Å²) in [7, 11) is 2.18. The number of carbonyl (C=O) groups is 3. The molecule has 9 nitrogen and oxygen atoms in total. The highest BCUT2D eigenvalue weighted by Crippen LogP contribution is 2.47. The quantitative estimate of drug-likeness (QED) is 0.248. The number of amides is 3. The van der Waals surface area contributed by atoms with Crippen LogP contribution in [0.1, 0.15) is 75.7 Å². The van der Waals surface area contributed by atoms with Crippen molar-refractivity contribution in [2.75, 3.05) is 31.6 Å². The zero-order valence-electron chi connectivity index (χ0n) is 28.3. The van der Waals surface area contributed by atoms with Gasteiger partial charge >= 0.3 is 0 Å². The molecule has 50 heavy (non-hydrogen) atoms. The molecular weight excluding hydrogens is 628 g/mol. The van der Waals surface area contributed by atoms with Gasteiger partial charge in [-0.05, 0) is 72.8 Å². The molecule has 3 atom stereocenters. The van der Waals surface area contributed by atoms with E-state index in [2.05, 4.69) is 76.8 Å². The lowest BCUT2D eigenvalue weighted by Gasteiger charge is -2.38. The number of hydrogen-bond donors (Lipinski definition) is 2. The normalized spacial score (nSPS) is 22.3. The lowest BCUT2D eigenvalue weighted by molar-refractivity contribution is -0.136. The monoisotopic (exact) mass is 670 g/mol. The predicted molar refractivity (Wildman–Crippen MR) is 190 cm³/mol. The summed E-state index contributed by atoms with van der Waals surface area (Å²) in [4.78, 5) is 43.7. The molecule has 0 radical (unpaired) electrons. The topological polar surface area (TPSA) is 102 Å². The summed E-state index contributed by atoms with van der Waals surface area (Å²) in [5.41, 5.74) is 7.56. The van der Waals surface area contributed by atoms with Crippen molar-refractivity contribution in [2.24, 2.45) is 0 Å². The summed E-state index contributed by atoms with van der Waals surface area (Å²) in [6.45, 7) is 3.68. The van der Waals surface area contributed by atoms with Crippen LogP contribution < -0.4 is 15.0 Å². The van der Waals surface area contributed by atoms with Crippen molar-refractivity contribution in [3.63, 3.8) is 0 Å². The first-order chi connectivity index (χ1) is 24.3. The molecule has 0 aliphatic carbocycles. The first-order valence-electron chi connectivity index (χ1n) is 17.6. The fraction of sp³-hybridized carbons (Fsp3) is 0.341. The molecule has 0 saturated carbocycles. The summed E-state index contributed by atoms with van der Waals surface area (Å²) >= 11 is 0. The van der Waals surface area contributed by atoms with Gasteiger partial charge in [0.15, 0.2) is 0 Å². The van der Waals surface area contributed by atoms with Crippen molar-refractivity contribution in [1.29, 1.82) is 0 Å². The summed E-state index contributed by atoms with van der Waals surface area (Å²) in [6.07, 6.45) is 2.73.